The molecule has 2 rings (SSSR count). The van der Waals surface area contributed by atoms with Crippen molar-refractivity contribution in [1.82, 2.24) is 0 Å². The molecule has 0 saturated carbocycles. The smallest absolute Gasteiger partial charge is 0.123 e. The van der Waals surface area contributed by atoms with Crippen LogP contribution in [0.5, 0.6) is 11.5 Å². The van der Waals surface area contributed by atoms with E-state index >= 15 is 0 Å². The standard InChI is InChI=1S/C9H10O2/c1-6-4-9-7(2-3-11-9)5-8(6)10/h4-5,10H,2-3H2,1H3. The van der Waals surface area contributed by atoms with Gasteiger partial charge in [-0.2, -0.15) is 0 Å². The van der Waals surface area contributed by atoms with E-state index in [-0.39, 0.29) is 0 Å². The molecule has 11 heavy (non-hydrogen) atoms. The number of hydrogen-bond acceptors (Lipinski definition) is 2. The third-order valence-electron chi connectivity index (χ3n) is 2.01. The average Bonchev–Trinajstić information content (AvgIpc) is 2.36. The molecule has 1 aromatic carbocycles. The zero-order valence-corrected chi connectivity index (χ0v) is 6.42. The lowest BCUT2D eigenvalue weighted by molar-refractivity contribution is 0.356. The molecule has 1 aromatic rings. The van der Waals surface area contributed by atoms with Crippen LogP contribution in [0.2, 0.25) is 0 Å². The van der Waals surface area contributed by atoms with Gasteiger partial charge in [0.25, 0.3) is 0 Å². The highest BCUT2D eigenvalue weighted by molar-refractivity contribution is 5.46. The maximum Gasteiger partial charge on any atom is 0.123 e. The highest BCUT2D eigenvalue weighted by atomic mass is 16.5. The van der Waals surface area contributed by atoms with Crippen LogP contribution >= 0.6 is 0 Å². The summed E-state index contributed by atoms with van der Waals surface area (Å²) in [6, 6.07) is 3.68. The van der Waals surface area contributed by atoms with Crippen molar-refractivity contribution in [1.29, 1.82) is 0 Å². The maximum atomic E-state index is 9.33. The van der Waals surface area contributed by atoms with Gasteiger partial charge in [-0.3, -0.25) is 0 Å². The number of hydrogen-bond donors (Lipinski definition) is 1. The Hall–Kier alpha value is -1.18. The molecule has 0 aliphatic carbocycles. The Kier molecular flexibility index (Phi) is 1.28. The van der Waals surface area contributed by atoms with Gasteiger partial charge >= 0.3 is 0 Å². The summed E-state index contributed by atoms with van der Waals surface area (Å²) in [5.74, 6) is 1.30. The van der Waals surface area contributed by atoms with Crippen LogP contribution in [-0.4, -0.2) is 11.7 Å². The van der Waals surface area contributed by atoms with Crippen LogP contribution in [0.3, 0.4) is 0 Å². The Morgan fingerprint density at radius 1 is 1.45 bits per heavy atom. The van der Waals surface area contributed by atoms with Gasteiger partial charge in [-0.25, -0.2) is 0 Å². The van der Waals surface area contributed by atoms with Crippen molar-refractivity contribution in [2.75, 3.05) is 6.61 Å². The van der Waals surface area contributed by atoms with E-state index in [0.717, 1.165) is 29.9 Å². The Bertz CT molecular complexity index is 263. The molecule has 0 amide bonds. The molecule has 1 aliphatic heterocycles. The summed E-state index contributed by atoms with van der Waals surface area (Å²) in [4.78, 5) is 0. The van der Waals surface area contributed by atoms with E-state index in [2.05, 4.69) is 0 Å². The van der Waals surface area contributed by atoms with Gasteiger partial charge in [-0.15, -0.1) is 0 Å². The van der Waals surface area contributed by atoms with E-state index in [1.807, 2.05) is 13.0 Å². The molecule has 0 saturated heterocycles. The molecule has 2 heteroatoms. The molecule has 0 spiro atoms. The second-order valence-corrected chi connectivity index (χ2v) is 2.84. The normalized spacial score (nSPS) is 14.3. The van der Waals surface area contributed by atoms with Crippen LogP contribution in [-0.2, 0) is 6.42 Å². The number of ether oxygens (including phenoxy) is 1. The molecule has 0 unspecified atom stereocenters. The first-order valence-corrected chi connectivity index (χ1v) is 3.72. The predicted octanol–water partition coefficient (Wildman–Crippen LogP) is 1.64. The van der Waals surface area contributed by atoms with Gasteiger partial charge in [0, 0.05) is 12.0 Å². The second-order valence-electron chi connectivity index (χ2n) is 2.84. The Balaban J connectivity index is 2.57. The predicted molar refractivity (Wildman–Crippen MR) is 42.0 cm³/mol. The first kappa shape index (κ1) is 6.53. The summed E-state index contributed by atoms with van der Waals surface area (Å²) in [5.41, 5.74) is 2.00. The first-order valence-electron chi connectivity index (χ1n) is 3.72. The molecule has 0 fully saturated rings. The topological polar surface area (TPSA) is 29.5 Å². The number of phenolic OH excluding ortho intramolecular Hbond substituents is 1. The van der Waals surface area contributed by atoms with Crippen molar-refractivity contribution in [3.8, 4) is 11.5 Å². The first-order chi connectivity index (χ1) is 5.27. The Morgan fingerprint density at radius 2 is 2.27 bits per heavy atom. The van der Waals surface area contributed by atoms with Crippen molar-refractivity contribution < 1.29 is 9.84 Å². The number of aromatic hydroxyl groups is 1. The molecular weight excluding hydrogens is 140 g/mol. The van der Waals surface area contributed by atoms with Crippen LogP contribution < -0.4 is 4.74 Å². The summed E-state index contributed by atoms with van der Waals surface area (Å²) in [6.45, 7) is 2.62. The molecule has 1 N–H and O–H groups in total. The molecule has 2 nitrogen and oxygen atoms in total. The second kappa shape index (κ2) is 2.16. The molecule has 0 radical (unpaired) electrons. The number of rotatable bonds is 0. The van der Waals surface area contributed by atoms with E-state index in [4.69, 9.17) is 4.74 Å². The Morgan fingerprint density at radius 3 is 3.09 bits per heavy atom. The quantitative estimate of drug-likeness (QED) is 0.609. The molecule has 0 aromatic heterocycles. The van der Waals surface area contributed by atoms with Crippen molar-refractivity contribution in [2.24, 2.45) is 0 Å². The van der Waals surface area contributed by atoms with Crippen LogP contribution in [0, 0.1) is 6.92 Å². The summed E-state index contributed by atoms with van der Waals surface area (Å²) in [7, 11) is 0. The Labute approximate surface area is 65.4 Å². The summed E-state index contributed by atoms with van der Waals surface area (Å²) < 4.78 is 5.32. The van der Waals surface area contributed by atoms with E-state index < -0.39 is 0 Å². The minimum Gasteiger partial charge on any atom is -0.508 e. The average molecular weight is 150 g/mol. The van der Waals surface area contributed by atoms with Gasteiger partial charge in [0.1, 0.15) is 11.5 Å². The lowest BCUT2D eigenvalue weighted by Crippen LogP contribution is -1.86. The van der Waals surface area contributed by atoms with Crippen molar-refractivity contribution in [3.63, 3.8) is 0 Å². The zero-order chi connectivity index (χ0) is 7.84. The minimum absolute atomic E-state index is 0.370. The van der Waals surface area contributed by atoms with Crippen molar-refractivity contribution in [3.05, 3.63) is 23.3 Å². The fraction of sp³-hybridized carbons (Fsp3) is 0.333. The molecule has 58 valence electrons. The van der Waals surface area contributed by atoms with Gasteiger partial charge < -0.3 is 9.84 Å². The molecule has 0 bridgehead atoms. The highest BCUT2D eigenvalue weighted by Gasteiger charge is 2.13. The molecule has 0 atom stereocenters. The number of aryl methyl sites for hydroxylation is 1. The van der Waals surface area contributed by atoms with Gasteiger partial charge in [-0.05, 0) is 24.6 Å². The van der Waals surface area contributed by atoms with Gasteiger partial charge in [0.15, 0.2) is 0 Å². The maximum absolute atomic E-state index is 9.33. The van der Waals surface area contributed by atoms with Crippen LogP contribution in [0.15, 0.2) is 12.1 Å². The molecule has 1 heterocycles. The number of fused-ring (bicyclic) bond motifs is 1. The van der Waals surface area contributed by atoms with Crippen molar-refractivity contribution in [2.45, 2.75) is 13.3 Å². The van der Waals surface area contributed by atoms with Crippen LogP contribution in [0.25, 0.3) is 0 Å². The third kappa shape index (κ3) is 0.946. The van der Waals surface area contributed by atoms with E-state index in [0.29, 0.717) is 5.75 Å². The largest absolute Gasteiger partial charge is 0.508 e. The summed E-state index contributed by atoms with van der Waals surface area (Å²) in [5, 5.41) is 9.33. The molecule has 1 aliphatic rings. The fourth-order valence-electron chi connectivity index (χ4n) is 1.31. The zero-order valence-electron chi connectivity index (χ0n) is 6.42. The SMILES string of the molecule is Cc1cc2c(cc1O)CCO2. The van der Waals surface area contributed by atoms with E-state index in [1.165, 1.54) is 0 Å². The highest BCUT2D eigenvalue weighted by Crippen LogP contribution is 2.31. The fourth-order valence-corrected chi connectivity index (χ4v) is 1.31. The van der Waals surface area contributed by atoms with Crippen LogP contribution in [0.4, 0.5) is 0 Å². The van der Waals surface area contributed by atoms with Gasteiger partial charge in [0.2, 0.25) is 0 Å². The minimum atomic E-state index is 0.370. The summed E-state index contributed by atoms with van der Waals surface area (Å²) >= 11 is 0. The number of phenols is 1. The van der Waals surface area contributed by atoms with Crippen molar-refractivity contribution >= 4 is 0 Å². The van der Waals surface area contributed by atoms with Gasteiger partial charge in [-0.1, -0.05) is 0 Å². The van der Waals surface area contributed by atoms with Gasteiger partial charge in [0.05, 0.1) is 6.61 Å². The monoisotopic (exact) mass is 150 g/mol. The third-order valence-corrected chi connectivity index (χ3v) is 2.01. The van der Waals surface area contributed by atoms with E-state index in [9.17, 15) is 5.11 Å². The molecular formula is C9H10O2. The van der Waals surface area contributed by atoms with E-state index in [1.54, 1.807) is 6.07 Å². The lowest BCUT2D eigenvalue weighted by Gasteiger charge is -2.01. The summed E-state index contributed by atoms with van der Waals surface area (Å²) in [6.07, 6.45) is 0.920. The number of benzene rings is 1. The lowest BCUT2D eigenvalue weighted by atomic mass is 10.1. The van der Waals surface area contributed by atoms with Crippen LogP contribution in [0.1, 0.15) is 11.1 Å².